The SMILES string of the molecule is COCC(C)Nc1nccn1CC1CCCS1(=O)=O. The van der Waals surface area contributed by atoms with E-state index in [9.17, 15) is 8.42 Å². The van der Waals surface area contributed by atoms with Crippen LogP contribution >= 0.6 is 0 Å². The van der Waals surface area contributed by atoms with Crippen molar-refractivity contribution in [2.24, 2.45) is 0 Å². The standard InChI is InChI=1S/C12H21N3O3S/c1-10(9-18-2)14-12-13-5-6-15(12)8-11-4-3-7-19(11,16)17/h5-6,10-11H,3-4,7-9H2,1-2H3,(H,13,14). The Morgan fingerprint density at radius 1 is 1.63 bits per heavy atom. The molecule has 1 aromatic rings. The number of methoxy groups -OCH3 is 1. The lowest BCUT2D eigenvalue weighted by molar-refractivity contribution is 0.190. The van der Waals surface area contributed by atoms with Gasteiger partial charge in [0, 0.05) is 32.1 Å². The highest BCUT2D eigenvalue weighted by Crippen LogP contribution is 2.22. The molecule has 0 aromatic carbocycles. The predicted molar refractivity (Wildman–Crippen MR) is 74.0 cm³/mol. The van der Waals surface area contributed by atoms with E-state index in [4.69, 9.17) is 4.74 Å². The fraction of sp³-hybridized carbons (Fsp3) is 0.750. The van der Waals surface area contributed by atoms with Gasteiger partial charge in [-0.2, -0.15) is 0 Å². The second-order valence-corrected chi connectivity index (χ2v) is 7.44. The largest absolute Gasteiger partial charge is 0.383 e. The van der Waals surface area contributed by atoms with Gasteiger partial charge in [-0.1, -0.05) is 0 Å². The first-order valence-corrected chi connectivity index (χ1v) is 8.22. The number of hydrogen-bond donors (Lipinski definition) is 1. The zero-order valence-electron chi connectivity index (χ0n) is 11.4. The summed E-state index contributed by atoms with van der Waals surface area (Å²) in [6.07, 6.45) is 5.01. The molecular formula is C12H21N3O3S. The van der Waals surface area contributed by atoms with Gasteiger partial charge in [0.05, 0.1) is 17.6 Å². The first kappa shape index (κ1) is 14.3. The van der Waals surface area contributed by atoms with Gasteiger partial charge in [0.15, 0.2) is 9.84 Å². The summed E-state index contributed by atoms with van der Waals surface area (Å²) >= 11 is 0. The zero-order valence-corrected chi connectivity index (χ0v) is 12.2. The van der Waals surface area contributed by atoms with Crippen LogP contribution in [0.15, 0.2) is 12.4 Å². The highest BCUT2D eigenvalue weighted by atomic mass is 32.2. The van der Waals surface area contributed by atoms with Gasteiger partial charge in [-0.25, -0.2) is 13.4 Å². The third-order valence-corrected chi connectivity index (χ3v) is 5.63. The van der Waals surface area contributed by atoms with Gasteiger partial charge >= 0.3 is 0 Å². The molecule has 1 fully saturated rings. The Morgan fingerprint density at radius 2 is 2.42 bits per heavy atom. The highest BCUT2D eigenvalue weighted by molar-refractivity contribution is 7.92. The summed E-state index contributed by atoms with van der Waals surface area (Å²) in [4.78, 5) is 4.23. The number of sulfone groups is 1. The Bertz CT molecular complexity index is 512. The maximum absolute atomic E-state index is 11.8. The number of ether oxygens (including phenoxy) is 1. The Balaban J connectivity index is 2.03. The van der Waals surface area contributed by atoms with E-state index in [-0.39, 0.29) is 11.3 Å². The van der Waals surface area contributed by atoms with Crippen molar-refractivity contribution in [1.29, 1.82) is 0 Å². The van der Waals surface area contributed by atoms with Crippen LogP contribution in [0.3, 0.4) is 0 Å². The Labute approximate surface area is 114 Å². The molecule has 1 aliphatic heterocycles. The smallest absolute Gasteiger partial charge is 0.203 e. The summed E-state index contributed by atoms with van der Waals surface area (Å²) in [5.74, 6) is 1.02. The number of nitrogens with one attached hydrogen (secondary N) is 1. The van der Waals surface area contributed by atoms with Crippen LogP contribution in [0.5, 0.6) is 0 Å². The lowest BCUT2D eigenvalue weighted by Crippen LogP contribution is -2.26. The van der Waals surface area contributed by atoms with Gasteiger partial charge in [-0.05, 0) is 19.8 Å². The topological polar surface area (TPSA) is 73.2 Å². The molecule has 2 atom stereocenters. The van der Waals surface area contributed by atoms with Gasteiger partial charge in [-0.3, -0.25) is 0 Å². The Kier molecular flexibility index (Phi) is 4.46. The lowest BCUT2D eigenvalue weighted by atomic mass is 10.2. The van der Waals surface area contributed by atoms with Gasteiger partial charge in [0.25, 0.3) is 0 Å². The molecule has 0 bridgehead atoms. The monoisotopic (exact) mass is 287 g/mol. The molecule has 19 heavy (non-hydrogen) atoms. The highest BCUT2D eigenvalue weighted by Gasteiger charge is 2.31. The number of imidazole rings is 1. The molecule has 2 heterocycles. The summed E-state index contributed by atoms with van der Waals surface area (Å²) in [5, 5.41) is 2.95. The molecule has 1 aliphatic rings. The number of aromatic nitrogens is 2. The summed E-state index contributed by atoms with van der Waals surface area (Å²) in [6, 6.07) is 0.131. The summed E-state index contributed by atoms with van der Waals surface area (Å²) < 4.78 is 30.6. The third kappa shape index (κ3) is 3.48. The molecule has 6 nitrogen and oxygen atoms in total. The fourth-order valence-electron chi connectivity index (χ4n) is 2.39. The lowest BCUT2D eigenvalue weighted by Gasteiger charge is -2.17. The quantitative estimate of drug-likeness (QED) is 0.842. The van der Waals surface area contributed by atoms with Gasteiger partial charge in [0.1, 0.15) is 0 Å². The van der Waals surface area contributed by atoms with Crippen molar-refractivity contribution in [3.05, 3.63) is 12.4 Å². The number of anilines is 1. The minimum atomic E-state index is -2.92. The normalized spacial score (nSPS) is 23.4. The van der Waals surface area contributed by atoms with E-state index in [1.807, 2.05) is 17.7 Å². The molecule has 2 unspecified atom stereocenters. The maximum atomic E-state index is 11.8. The van der Waals surface area contributed by atoms with Crippen molar-refractivity contribution in [3.63, 3.8) is 0 Å². The molecule has 108 valence electrons. The van der Waals surface area contributed by atoms with E-state index >= 15 is 0 Å². The fourth-order valence-corrected chi connectivity index (χ4v) is 4.21. The van der Waals surface area contributed by atoms with E-state index in [1.54, 1.807) is 13.3 Å². The molecule has 0 amide bonds. The molecule has 2 rings (SSSR count). The number of rotatable bonds is 6. The van der Waals surface area contributed by atoms with Gasteiger partial charge < -0.3 is 14.6 Å². The summed E-state index contributed by atoms with van der Waals surface area (Å²) in [7, 11) is -1.27. The second kappa shape index (κ2) is 5.92. The first-order valence-electron chi connectivity index (χ1n) is 6.51. The van der Waals surface area contributed by atoms with Crippen molar-refractivity contribution in [3.8, 4) is 0 Å². The van der Waals surface area contributed by atoms with Crippen LogP contribution in [-0.4, -0.2) is 48.7 Å². The van der Waals surface area contributed by atoms with E-state index in [0.29, 0.717) is 24.9 Å². The number of hydrogen-bond acceptors (Lipinski definition) is 5. The second-order valence-electron chi connectivity index (χ2n) is 5.04. The molecule has 1 aromatic heterocycles. The first-order chi connectivity index (χ1) is 9.03. The number of nitrogens with zero attached hydrogens (tertiary/aromatic N) is 2. The summed E-state index contributed by atoms with van der Waals surface area (Å²) in [5.41, 5.74) is 0. The molecule has 7 heteroatoms. The van der Waals surface area contributed by atoms with E-state index < -0.39 is 9.84 Å². The van der Waals surface area contributed by atoms with Crippen LogP contribution in [0.25, 0.3) is 0 Å². The van der Waals surface area contributed by atoms with Gasteiger partial charge in [0.2, 0.25) is 5.95 Å². The average molecular weight is 287 g/mol. The van der Waals surface area contributed by atoms with Crippen LogP contribution in [-0.2, 0) is 21.1 Å². The molecule has 0 aliphatic carbocycles. The van der Waals surface area contributed by atoms with E-state index in [2.05, 4.69) is 10.3 Å². The predicted octanol–water partition coefficient (Wildman–Crippen LogP) is 0.907. The summed E-state index contributed by atoms with van der Waals surface area (Å²) in [6.45, 7) is 3.05. The van der Waals surface area contributed by atoms with Crippen molar-refractivity contribution in [2.75, 3.05) is 24.8 Å². The van der Waals surface area contributed by atoms with Crippen molar-refractivity contribution < 1.29 is 13.2 Å². The van der Waals surface area contributed by atoms with E-state index in [1.165, 1.54) is 0 Å². The zero-order chi connectivity index (χ0) is 13.9. The minimum absolute atomic E-state index is 0.131. The Hall–Kier alpha value is -1.08. The van der Waals surface area contributed by atoms with Gasteiger partial charge in [-0.15, -0.1) is 0 Å². The maximum Gasteiger partial charge on any atom is 0.203 e. The van der Waals surface area contributed by atoms with Crippen molar-refractivity contribution in [1.82, 2.24) is 9.55 Å². The van der Waals surface area contributed by atoms with Crippen LogP contribution in [0.4, 0.5) is 5.95 Å². The van der Waals surface area contributed by atoms with Crippen LogP contribution < -0.4 is 5.32 Å². The molecule has 1 N–H and O–H groups in total. The minimum Gasteiger partial charge on any atom is -0.383 e. The average Bonchev–Trinajstić information content (AvgIpc) is 2.88. The van der Waals surface area contributed by atoms with Crippen molar-refractivity contribution >= 4 is 15.8 Å². The van der Waals surface area contributed by atoms with Crippen LogP contribution in [0.2, 0.25) is 0 Å². The van der Waals surface area contributed by atoms with Crippen LogP contribution in [0, 0.1) is 0 Å². The molecule has 1 saturated heterocycles. The molecular weight excluding hydrogens is 266 g/mol. The van der Waals surface area contributed by atoms with Crippen LogP contribution in [0.1, 0.15) is 19.8 Å². The van der Waals surface area contributed by atoms with Crippen molar-refractivity contribution in [2.45, 2.75) is 37.6 Å². The Morgan fingerprint density at radius 3 is 3.05 bits per heavy atom. The molecule has 0 saturated carbocycles. The third-order valence-electron chi connectivity index (χ3n) is 3.37. The molecule has 0 spiro atoms. The molecule has 0 radical (unpaired) electrons. The van der Waals surface area contributed by atoms with E-state index in [0.717, 1.165) is 12.8 Å².